The molecule has 0 amide bonds. The quantitative estimate of drug-likeness (QED) is 0.676. The molecule has 1 radical (unpaired) electrons. The number of nitrogens with one attached hydrogen (secondary N) is 1. The molecule has 0 atom stereocenters. The van der Waals surface area contributed by atoms with E-state index >= 15 is 0 Å². The molecule has 0 saturated carbocycles. The maximum Gasteiger partial charge on any atom is 0.217 e. The largest absolute Gasteiger partial charge is 0.339 e. The first-order chi connectivity index (χ1) is 9.40. The zero-order chi connectivity index (χ0) is 12.7. The van der Waals surface area contributed by atoms with Gasteiger partial charge in [0.05, 0.1) is 11.0 Å². The molecule has 0 aliphatic carbocycles. The summed E-state index contributed by atoms with van der Waals surface area (Å²) in [5, 5.41) is 0. The number of aromatic nitrogens is 2. The molecule has 0 saturated heterocycles. The highest BCUT2D eigenvalue weighted by Crippen LogP contribution is 2.32. The molecule has 0 fully saturated rings. The fourth-order valence-corrected chi connectivity index (χ4v) is 2.24. The summed E-state index contributed by atoms with van der Waals surface area (Å²) in [5.74, 6) is 1.48. The summed E-state index contributed by atoms with van der Waals surface area (Å²) in [7, 11) is 0. The Hall–Kier alpha value is -2.33. The molecule has 1 N–H and O–H groups in total. The van der Waals surface area contributed by atoms with Crippen LogP contribution in [0.1, 0.15) is 11.4 Å². The maximum atomic E-state index is 5.34. The lowest BCUT2D eigenvalue weighted by molar-refractivity contribution is -0.202. The molecular formula is C15H11N2O2. The van der Waals surface area contributed by atoms with E-state index in [1.54, 1.807) is 0 Å². The molecular weight excluding hydrogens is 240 g/mol. The van der Waals surface area contributed by atoms with Gasteiger partial charge < -0.3 is 9.87 Å². The Balaban J connectivity index is 1.70. The lowest BCUT2D eigenvalue weighted by atomic mass is 10.1. The smallest absolute Gasteiger partial charge is 0.217 e. The van der Waals surface area contributed by atoms with Crippen LogP contribution >= 0.6 is 0 Å². The van der Waals surface area contributed by atoms with E-state index in [0.717, 1.165) is 28.2 Å². The van der Waals surface area contributed by atoms with Crippen molar-refractivity contribution in [2.24, 2.45) is 0 Å². The second-order valence-corrected chi connectivity index (χ2v) is 4.48. The molecule has 3 aromatic rings. The van der Waals surface area contributed by atoms with E-state index in [1.807, 2.05) is 48.5 Å². The van der Waals surface area contributed by atoms with E-state index in [1.165, 1.54) is 0 Å². The summed E-state index contributed by atoms with van der Waals surface area (Å²) in [6, 6.07) is 15.7. The minimum atomic E-state index is 0.677. The van der Waals surface area contributed by atoms with Gasteiger partial charge in [-0.15, -0.1) is 0 Å². The molecule has 4 heteroatoms. The minimum Gasteiger partial charge on any atom is -0.339 e. The third kappa shape index (κ3) is 1.77. The van der Waals surface area contributed by atoms with Gasteiger partial charge in [0.25, 0.3) is 0 Å². The first-order valence-corrected chi connectivity index (χ1v) is 6.13. The van der Waals surface area contributed by atoms with Crippen molar-refractivity contribution in [1.29, 1.82) is 0 Å². The zero-order valence-electron chi connectivity index (χ0n) is 10.1. The van der Waals surface area contributed by atoms with Crippen LogP contribution in [0.2, 0.25) is 0 Å². The van der Waals surface area contributed by atoms with E-state index in [2.05, 4.69) is 9.97 Å². The molecule has 4 rings (SSSR count). The Morgan fingerprint density at radius 3 is 2.74 bits per heavy atom. The number of rotatable bonds is 1. The van der Waals surface area contributed by atoms with Crippen molar-refractivity contribution in [3.8, 4) is 5.75 Å². The van der Waals surface area contributed by atoms with Crippen LogP contribution in [-0.2, 0) is 11.3 Å². The third-order valence-corrected chi connectivity index (χ3v) is 3.21. The first kappa shape index (κ1) is 10.6. The van der Waals surface area contributed by atoms with Gasteiger partial charge in [-0.25, -0.2) is 4.98 Å². The standard InChI is InChI=1S/C15H11N2O2/c1-4-8-13-10(5-1)9-14(19-18-13)15-16-11-6-2-3-7-12(11)17-15/h1-8H,9H2,(H,16,17). The lowest BCUT2D eigenvalue weighted by Gasteiger charge is -2.20. The molecule has 2 aromatic carbocycles. The van der Waals surface area contributed by atoms with Gasteiger partial charge in [-0.2, -0.15) is 4.89 Å². The van der Waals surface area contributed by atoms with Crippen LogP contribution in [0.25, 0.3) is 11.0 Å². The first-order valence-electron chi connectivity index (χ1n) is 6.13. The fourth-order valence-electron chi connectivity index (χ4n) is 2.24. The van der Waals surface area contributed by atoms with Crippen LogP contribution in [0.4, 0.5) is 0 Å². The Morgan fingerprint density at radius 1 is 0.947 bits per heavy atom. The second kappa shape index (κ2) is 4.10. The minimum absolute atomic E-state index is 0.677. The van der Waals surface area contributed by atoms with Crippen molar-refractivity contribution in [2.75, 3.05) is 0 Å². The zero-order valence-corrected chi connectivity index (χ0v) is 10.1. The van der Waals surface area contributed by atoms with Crippen LogP contribution in [0.15, 0.2) is 48.5 Å². The van der Waals surface area contributed by atoms with Crippen LogP contribution in [0.5, 0.6) is 5.75 Å². The highest BCUT2D eigenvalue weighted by atomic mass is 17.2. The van der Waals surface area contributed by atoms with Crippen molar-refractivity contribution in [1.82, 2.24) is 9.97 Å². The average molecular weight is 251 g/mol. The summed E-state index contributed by atoms with van der Waals surface area (Å²) >= 11 is 0. The molecule has 93 valence electrons. The third-order valence-electron chi connectivity index (χ3n) is 3.21. The summed E-state index contributed by atoms with van der Waals surface area (Å²) in [6.45, 7) is 0. The maximum absolute atomic E-state index is 5.34. The van der Waals surface area contributed by atoms with Gasteiger partial charge in [0.1, 0.15) is 5.82 Å². The van der Waals surface area contributed by atoms with Gasteiger partial charge in [0.15, 0.2) is 5.75 Å². The van der Waals surface area contributed by atoms with Crippen molar-refractivity contribution >= 4 is 11.0 Å². The van der Waals surface area contributed by atoms with Crippen molar-refractivity contribution < 1.29 is 9.78 Å². The number of hydrogen-bond acceptors (Lipinski definition) is 3. The van der Waals surface area contributed by atoms with Gasteiger partial charge in [0.2, 0.25) is 6.10 Å². The lowest BCUT2D eigenvalue weighted by Crippen LogP contribution is -2.18. The van der Waals surface area contributed by atoms with Gasteiger partial charge in [0, 0.05) is 12.0 Å². The topological polar surface area (TPSA) is 47.1 Å². The molecule has 0 bridgehead atoms. The van der Waals surface area contributed by atoms with E-state index in [4.69, 9.17) is 9.78 Å². The van der Waals surface area contributed by atoms with Crippen molar-refractivity contribution in [3.63, 3.8) is 0 Å². The second-order valence-electron chi connectivity index (χ2n) is 4.48. The molecule has 1 aliphatic heterocycles. The molecule has 1 aromatic heterocycles. The highest BCUT2D eigenvalue weighted by molar-refractivity contribution is 5.75. The highest BCUT2D eigenvalue weighted by Gasteiger charge is 2.26. The Morgan fingerprint density at radius 2 is 1.79 bits per heavy atom. The van der Waals surface area contributed by atoms with E-state index < -0.39 is 0 Å². The Bertz CT molecular complexity index is 703. The van der Waals surface area contributed by atoms with Crippen LogP contribution in [0, 0.1) is 6.10 Å². The number of fused-ring (bicyclic) bond motifs is 2. The van der Waals surface area contributed by atoms with Crippen LogP contribution < -0.4 is 4.89 Å². The number of aromatic amines is 1. The normalized spacial score (nSPS) is 15.2. The van der Waals surface area contributed by atoms with Gasteiger partial charge in [-0.3, -0.25) is 0 Å². The Kier molecular flexibility index (Phi) is 2.28. The SMILES string of the molecule is c1ccc2c(c1)C[C](c1nc3ccccc3[nH]1)OO2. The number of nitrogens with zero attached hydrogens (tertiary/aromatic N) is 1. The molecule has 0 unspecified atom stereocenters. The van der Waals surface area contributed by atoms with E-state index in [-0.39, 0.29) is 0 Å². The number of H-pyrrole nitrogens is 1. The Labute approximate surface area is 109 Å². The summed E-state index contributed by atoms with van der Waals surface area (Å²) in [4.78, 5) is 18.4. The van der Waals surface area contributed by atoms with E-state index in [0.29, 0.717) is 12.5 Å². The monoisotopic (exact) mass is 251 g/mol. The van der Waals surface area contributed by atoms with Gasteiger partial charge in [-0.1, -0.05) is 30.3 Å². The van der Waals surface area contributed by atoms with Gasteiger partial charge >= 0.3 is 0 Å². The molecule has 19 heavy (non-hydrogen) atoms. The van der Waals surface area contributed by atoms with Crippen molar-refractivity contribution in [2.45, 2.75) is 6.42 Å². The summed E-state index contributed by atoms with van der Waals surface area (Å²) in [5.41, 5.74) is 3.02. The van der Waals surface area contributed by atoms with Crippen LogP contribution in [-0.4, -0.2) is 9.97 Å². The predicted molar refractivity (Wildman–Crippen MR) is 70.3 cm³/mol. The predicted octanol–water partition coefficient (Wildman–Crippen LogP) is 3.01. The number of para-hydroxylation sites is 3. The molecule has 0 spiro atoms. The summed E-state index contributed by atoms with van der Waals surface area (Å²) < 4.78 is 0. The summed E-state index contributed by atoms with van der Waals surface area (Å²) in [6.07, 6.45) is 1.38. The van der Waals surface area contributed by atoms with Crippen LogP contribution in [0.3, 0.4) is 0 Å². The molecule has 4 nitrogen and oxygen atoms in total. The molecule has 1 aliphatic rings. The fraction of sp³-hybridized carbons (Fsp3) is 0.0667. The van der Waals surface area contributed by atoms with E-state index in [9.17, 15) is 0 Å². The average Bonchev–Trinajstić information content (AvgIpc) is 2.90. The number of benzene rings is 2. The van der Waals surface area contributed by atoms with Gasteiger partial charge in [-0.05, 0) is 18.2 Å². The number of hydrogen-bond donors (Lipinski definition) is 1. The van der Waals surface area contributed by atoms with Crippen molar-refractivity contribution in [3.05, 3.63) is 66.0 Å². The number of imidazole rings is 1. The molecule has 2 heterocycles.